The van der Waals surface area contributed by atoms with E-state index in [9.17, 15) is 8.42 Å². The number of benzene rings is 2. The zero-order valence-corrected chi connectivity index (χ0v) is 17.2. The van der Waals surface area contributed by atoms with E-state index in [1.54, 1.807) is 29.9 Å². The van der Waals surface area contributed by atoms with Crippen molar-refractivity contribution in [1.29, 1.82) is 0 Å². The van der Waals surface area contributed by atoms with Crippen LogP contribution in [0.4, 0.5) is 5.82 Å². The van der Waals surface area contributed by atoms with Crippen LogP contribution in [-0.4, -0.2) is 18.2 Å². The molecule has 2 aromatic carbocycles. The van der Waals surface area contributed by atoms with Gasteiger partial charge in [0.1, 0.15) is 0 Å². The fourth-order valence-corrected chi connectivity index (χ4v) is 4.50. The maximum atomic E-state index is 12.7. The monoisotopic (exact) mass is 433 g/mol. The van der Waals surface area contributed by atoms with E-state index in [0.29, 0.717) is 16.6 Å². The summed E-state index contributed by atoms with van der Waals surface area (Å²) in [6, 6.07) is 13.4. The van der Waals surface area contributed by atoms with Gasteiger partial charge in [0.05, 0.1) is 15.9 Å². The quantitative estimate of drug-likeness (QED) is 0.647. The summed E-state index contributed by atoms with van der Waals surface area (Å²) in [7, 11) is -3.70. The number of hydrogen-bond donors (Lipinski definition) is 1. The van der Waals surface area contributed by atoms with E-state index in [1.165, 1.54) is 5.56 Å². The number of aromatic nitrogens is 2. The first kappa shape index (κ1) is 18.7. The summed E-state index contributed by atoms with van der Waals surface area (Å²) >= 11 is 3.39. The van der Waals surface area contributed by atoms with Gasteiger partial charge in [0, 0.05) is 6.20 Å². The second-order valence-corrected chi connectivity index (χ2v) is 8.89. The topological polar surface area (TPSA) is 64.0 Å². The summed E-state index contributed by atoms with van der Waals surface area (Å²) in [6.45, 7) is 6.31. The molecule has 5 nitrogen and oxygen atoms in total. The van der Waals surface area contributed by atoms with Gasteiger partial charge in [0.2, 0.25) is 0 Å². The fraction of sp³-hybridized carbons (Fsp3) is 0.211. The number of nitrogens with zero attached hydrogens (tertiary/aromatic N) is 2. The Kier molecular flexibility index (Phi) is 5.20. The van der Waals surface area contributed by atoms with E-state index in [-0.39, 0.29) is 10.7 Å². The van der Waals surface area contributed by atoms with E-state index in [0.717, 1.165) is 11.1 Å². The van der Waals surface area contributed by atoms with Crippen LogP contribution < -0.4 is 4.72 Å². The Hall–Kier alpha value is -2.12. The molecule has 7 heteroatoms. The average molecular weight is 434 g/mol. The van der Waals surface area contributed by atoms with E-state index >= 15 is 0 Å². The molecule has 0 fully saturated rings. The lowest BCUT2D eigenvalue weighted by atomic mass is 10.1. The van der Waals surface area contributed by atoms with Crippen molar-refractivity contribution in [3.8, 4) is 0 Å². The lowest BCUT2D eigenvalue weighted by Crippen LogP contribution is -2.15. The van der Waals surface area contributed by atoms with Gasteiger partial charge < -0.3 is 0 Å². The van der Waals surface area contributed by atoms with Crippen LogP contribution >= 0.6 is 15.9 Å². The summed E-state index contributed by atoms with van der Waals surface area (Å²) in [6.07, 6.45) is 1.76. The molecule has 1 heterocycles. The molecular formula is C19H20BrN3O2S. The largest absolute Gasteiger partial charge is 0.265 e. The molecule has 3 rings (SSSR count). The summed E-state index contributed by atoms with van der Waals surface area (Å²) < 4.78 is 30.3. The third kappa shape index (κ3) is 4.16. The van der Waals surface area contributed by atoms with Crippen LogP contribution in [0.2, 0.25) is 0 Å². The standard InChI is InChI=1S/C19H20BrN3O2S/c1-13-4-7-16(8-5-13)11-23-12-17(20)19(21-23)22-26(24,25)18-9-6-14(2)10-15(18)3/h4-10,12H,11H2,1-3H3,(H,21,22). The number of anilines is 1. The van der Waals surface area contributed by atoms with Crippen molar-refractivity contribution in [1.82, 2.24) is 9.78 Å². The Morgan fingerprint density at radius 2 is 1.69 bits per heavy atom. The minimum absolute atomic E-state index is 0.253. The molecule has 1 aromatic heterocycles. The molecule has 136 valence electrons. The molecule has 0 unspecified atom stereocenters. The summed E-state index contributed by atoms with van der Waals surface area (Å²) in [5.74, 6) is 0.275. The van der Waals surface area contributed by atoms with Crippen LogP contribution in [0, 0.1) is 20.8 Å². The van der Waals surface area contributed by atoms with Gasteiger partial charge in [-0.2, -0.15) is 5.10 Å². The normalized spacial score (nSPS) is 11.5. The van der Waals surface area contributed by atoms with E-state index in [4.69, 9.17) is 0 Å². The van der Waals surface area contributed by atoms with E-state index in [1.807, 2.05) is 44.2 Å². The predicted octanol–water partition coefficient (Wildman–Crippen LogP) is 4.42. The Morgan fingerprint density at radius 1 is 1.04 bits per heavy atom. The number of rotatable bonds is 5. The van der Waals surface area contributed by atoms with Gasteiger partial charge in [-0.25, -0.2) is 8.42 Å². The zero-order chi connectivity index (χ0) is 18.9. The average Bonchev–Trinajstić information content (AvgIpc) is 2.88. The highest BCUT2D eigenvalue weighted by atomic mass is 79.9. The maximum Gasteiger partial charge on any atom is 0.263 e. The number of hydrogen-bond acceptors (Lipinski definition) is 3. The van der Waals surface area contributed by atoms with Crippen LogP contribution in [0.1, 0.15) is 22.3 Å². The number of nitrogens with one attached hydrogen (secondary N) is 1. The Balaban J connectivity index is 1.83. The zero-order valence-electron chi connectivity index (χ0n) is 14.8. The molecule has 0 saturated heterocycles. The van der Waals surface area contributed by atoms with Crippen molar-refractivity contribution in [3.05, 3.63) is 75.4 Å². The number of sulfonamides is 1. The van der Waals surface area contributed by atoms with Crippen LogP contribution in [0.5, 0.6) is 0 Å². The maximum absolute atomic E-state index is 12.7. The van der Waals surface area contributed by atoms with Crippen molar-refractivity contribution in [2.24, 2.45) is 0 Å². The third-order valence-corrected chi connectivity index (χ3v) is 6.11. The molecule has 1 N–H and O–H groups in total. The van der Waals surface area contributed by atoms with Gasteiger partial charge in [-0.15, -0.1) is 0 Å². The molecule has 0 spiro atoms. The summed E-state index contributed by atoms with van der Waals surface area (Å²) in [4.78, 5) is 0.253. The SMILES string of the molecule is Cc1ccc(Cn2cc(Br)c(NS(=O)(=O)c3ccc(C)cc3C)n2)cc1. The first-order valence-electron chi connectivity index (χ1n) is 8.13. The fourth-order valence-electron chi connectivity index (χ4n) is 2.71. The minimum Gasteiger partial charge on any atom is -0.265 e. The highest BCUT2D eigenvalue weighted by Gasteiger charge is 2.20. The predicted molar refractivity (Wildman–Crippen MR) is 107 cm³/mol. The van der Waals surface area contributed by atoms with Gasteiger partial charge >= 0.3 is 0 Å². The first-order valence-corrected chi connectivity index (χ1v) is 10.4. The molecule has 0 aliphatic heterocycles. The lowest BCUT2D eigenvalue weighted by molar-refractivity contribution is 0.600. The molecule has 26 heavy (non-hydrogen) atoms. The van der Waals surface area contributed by atoms with Crippen LogP contribution in [-0.2, 0) is 16.6 Å². The molecule has 0 atom stereocenters. The second-order valence-electron chi connectivity index (χ2n) is 6.38. The second kappa shape index (κ2) is 7.25. The smallest absolute Gasteiger partial charge is 0.263 e. The summed E-state index contributed by atoms with van der Waals surface area (Å²) in [5, 5.41) is 4.36. The highest BCUT2D eigenvalue weighted by Crippen LogP contribution is 2.25. The molecule has 0 bridgehead atoms. The van der Waals surface area contributed by atoms with Crippen molar-refractivity contribution in [2.75, 3.05) is 4.72 Å². The number of aryl methyl sites for hydroxylation is 3. The molecule has 0 aliphatic rings. The van der Waals surface area contributed by atoms with Crippen molar-refractivity contribution in [3.63, 3.8) is 0 Å². The Bertz CT molecular complexity index is 1040. The van der Waals surface area contributed by atoms with Gasteiger partial charge in [-0.05, 0) is 53.9 Å². The minimum atomic E-state index is -3.70. The summed E-state index contributed by atoms with van der Waals surface area (Å²) in [5.41, 5.74) is 4.00. The Morgan fingerprint density at radius 3 is 2.35 bits per heavy atom. The van der Waals surface area contributed by atoms with Gasteiger partial charge in [-0.3, -0.25) is 9.40 Å². The lowest BCUT2D eigenvalue weighted by Gasteiger charge is -2.09. The molecule has 0 amide bonds. The van der Waals surface area contributed by atoms with Gasteiger partial charge in [0.25, 0.3) is 10.0 Å². The van der Waals surface area contributed by atoms with Crippen LogP contribution in [0.15, 0.2) is 58.0 Å². The Labute approximate surface area is 162 Å². The molecule has 0 aliphatic carbocycles. The molecule has 3 aromatic rings. The van der Waals surface area contributed by atoms with E-state index < -0.39 is 10.0 Å². The molecule has 0 saturated carbocycles. The van der Waals surface area contributed by atoms with Crippen LogP contribution in [0.25, 0.3) is 0 Å². The number of halogens is 1. The van der Waals surface area contributed by atoms with E-state index in [2.05, 4.69) is 25.8 Å². The van der Waals surface area contributed by atoms with Gasteiger partial charge in [-0.1, -0.05) is 47.5 Å². The first-order chi connectivity index (χ1) is 12.2. The van der Waals surface area contributed by atoms with Crippen molar-refractivity contribution >= 4 is 31.8 Å². The van der Waals surface area contributed by atoms with Crippen molar-refractivity contribution in [2.45, 2.75) is 32.2 Å². The molecule has 0 radical (unpaired) electrons. The van der Waals surface area contributed by atoms with Crippen LogP contribution in [0.3, 0.4) is 0 Å². The molecular weight excluding hydrogens is 414 g/mol. The third-order valence-electron chi connectivity index (χ3n) is 4.03. The van der Waals surface area contributed by atoms with Gasteiger partial charge in [0.15, 0.2) is 5.82 Å². The highest BCUT2D eigenvalue weighted by molar-refractivity contribution is 9.10. The van der Waals surface area contributed by atoms with Crippen molar-refractivity contribution < 1.29 is 8.42 Å².